The maximum Gasteiger partial charge on any atom is 0.180 e. The molecular formula is C12H14ClNO3. The number of nitrogens with two attached hydrogens (primary N) is 1. The van der Waals surface area contributed by atoms with Gasteiger partial charge in [-0.1, -0.05) is 11.6 Å². The second kappa shape index (κ2) is 4.94. The smallest absolute Gasteiger partial charge is 0.180 e. The summed E-state index contributed by atoms with van der Waals surface area (Å²) >= 11 is 5.93. The predicted octanol–water partition coefficient (Wildman–Crippen LogP) is 2.03. The summed E-state index contributed by atoms with van der Waals surface area (Å²) in [6.07, 6.45) is 2.18. The highest BCUT2D eigenvalue weighted by Gasteiger charge is 2.28. The fourth-order valence-corrected chi connectivity index (χ4v) is 1.72. The molecule has 2 N–H and O–H groups in total. The first-order valence-corrected chi connectivity index (χ1v) is 5.81. The summed E-state index contributed by atoms with van der Waals surface area (Å²) in [5, 5.41) is 0.432. The van der Waals surface area contributed by atoms with Gasteiger partial charge in [0.1, 0.15) is 0 Å². The fraction of sp³-hybridized carbons (Fsp3) is 0.417. The first kappa shape index (κ1) is 12.2. The highest BCUT2D eigenvalue weighted by atomic mass is 35.5. The minimum atomic E-state index is -0.207. The molecule has 1 fully saturated rings. The Hall–Kier alpha value is -1.26. The molecule has 0 aliphatic heterocycles. The number of hydrogen-bond donors (Lipinski definition) is 1. The second-order valence-electron chi connectivity index (χ2n) is 3.93. The molecule has 0 saturated heterocycles. The monoisotopic (exact) mass is 255 g/mol. The standard InChI is InChI=1S/C12H14ClNO3/c1-16-11-5-7(13)4-9(10(15)6-14)12(11)17-8-2-3-8/h4-5,8H,2-3,6,14H2,1H3. The van der Waals surface area contributed by atoms with Gasteiger partial charge < -0.3 is 15.2 Å². The van der Waals surface area contributed by atoms with Crippen molar-refractivity contribution in [2.75, 3.05) is 13.7 Å². The molecule has 17 heavy (non-hydrogen) atoms. The third kappa shape index (κ3) is 2.70. The zero-order chi connectivity index (χ0) is 12.4. The lowest BCUT2D eigenvalue weighted by molar-refractivity contribution is 0.0996. The molecule has 92 valence electrons. The van der Waals surface area contributed by atoms with Crippen LogP contribution in [0, 0.1) is 0 Å². The summed E-state index contributed by atoms with van der Waals surface area (Å²) < 4.78 is 10.9. The van der Waals surface area contributed by atoms with Crippen molar-refractivity contribution in [3.05, 3.63) is 22.7 Å². The maximum absolute atomic E-state index is 11.7. The number of benzene rings is 1. The van der Waals surface area contributed by atoms with Crippen molar-refractivity contribution >= 4 is 17.4 Å². The molecule has 0 heterocycles. The summed E-state index contributed by atoms with van der Waals surface area (Å²) in [5.74, 6) is 0.720. The average molecular weight is 256 g/mol. The van der Waals surface area contributed by atoms with E-state index in [9.17, 15) is 4.79 Å². The molecular weight excluding hydrogens is 242 g/mol. The molecule has 4 nitrogen and oxygen atoms in total. The van der Waals surface area contributed by atoms with Crippen molar-refractivity contribution in [2.45, 2.75) is 18.9 Å². The Morgan fingerprint density at radius 1 is 1.53 bits per heavy atom. The van der Waals surface area contributed by atoms with Gasteiger partial charge in [0, 0.05) is 11.1 Å². The van der Waals surface area contributed by atoms with E-state index in [-0.39, 0.29) is 18.4 Å². The van der Waals surface area contributed by atoms with E-state index in [1.165, 1.54) is 7.11 Å². The summed E-state index contributed by atoms with van der Waals surface area (Å²) in [6, 6.07) is 3.20. The van der Waals surface area contributed by atoms with Crippen molar-refractivity contribution in [3.63, 3.8) is 0 Å². The Labute approximate surface area is 105 Å². The van der Waals surface area contributed by atoms with E-state index in [0.29, 0.717) is 22.1 Å². The number of halogens is 1. The second-order valence-corrected chi connectivity index (χ2v) is 4.37. The summed E-state index contributed by atoms with van der Waals surface area (Å²) in [7, 11) is 1.52. The number of ether oxygens (including phenoxy) is 2. The molecule has 1 saturated carbocycles. The van der Waals surface area contributed by atoms with Crippen LogP contribution in [-0.4, -0.2) is 25.5 Å². The quantitative estimate of drug-likeness (QED) is 0.818. The van der Waals surface area contributed by atoms with E-state index >= 15 is 0 Å². The Morgan fingerprint density at radius 3 is 2.76 bits per heavy atom. The van der Waals surface area contributed by atoms with E-state index in [0.717, 1.165) is 12.8 Å². The topological polar surface area (TPSA) is 61.5 Å². The van der Waals surface area contributed by atoms with E-state index in [1.54, 1.807) is 12.1 Å². The molecule has 0 unspecified atom stereocenters. The van der Waals surface area contributed by atoms with Crippen molar-refractivity contribution in [1.29, 1.82) is 0 Å². The Bertz CT molecular complexity index is 444. The number of rotatable bonds is 5. The fourth-order valence-electron chi connectivity index (χ4n) is 1.51. The molecule has 2 rings (SSSR count). The van der Waals surface area contributed by atoms with Crippen molar-refractivity contribution < 1.29 is 14.3 Å². The van der Waals surface area contributed by atoms with Gasteiger partial charge in [-0.15, -0.1) is 0 Å². The molecule has 1 aromatic rings. The Balaban J connectivity index is 2.44. The van der Waals surface area contributed by atoms with Gasteiger partial charge in [-0.05, 0) is 18.9 Å². The minimum absolute atomic E-state index is 0.0788. The molecule has 0 bridgehead atoms. The molecule has 1 aliphatic carbocycles. The van der Waals surface area contributed by atoms with Gasteiger partial charge in [0.15, 0.2) is 17.3 Å². The zero-order valence-electron chi connectivity index (χ0n) is 9.53. The van der Waals surface area contributed by atoms with Crippen LogP contribution >= 0.6 is 11.6 Å². The molecule has 0 radical (unpaired) electrons. The van der Waals surface area contributed by atoms with Crippen LogP contribution in [0.3, 0.4) is 0 Å². The van der Waals surface area contributed by atoms with Gasteiger partial charge in [0.05, 0.1) is 25.3 Å². The zero-order valence-corrected chi connectivity index (χ0v) is 10.3. The summed E-state index contributed by atoms with van der Waals surface area (Å²) in [6.45, 7) is -0.0788. The van der Waals surface area contributed by atoms with E-state index < -0.39 is 0 Å². The first-order chi connectivity index (χ1) is 8.15. The third-order valence-electron chi connectivity index (χ3n) is 2.53. The van der Waals surface area contributed by atoms with E-state index in [1.807, 2.05) is 0 Å². The maximum atomic E-state index is 11.7. The van der Waals surface area contributed by atoms with Gasteiger partial charge in [0.25, 0.3) is 0 Å². The molecule has 0 spiro atoms. The number of carbonyl (C=O) groups excluding carboxylic acids is 1. The molecule has 1 aromatic carbocycles. The lowest BCUT2D eigenvalue weighted by Gasteiger charge is -2.14. The minimum Gasteiger partial charge on any atom is -0.493 e. The first-order valence-electron chi connectivity index (χ1n) is 5.43. The predicted molar refractivity (Wildman–Crippen MR) is 65.0 cm³/mol. The number of Topliss-reactive ketones (excluding diaryl/α,β-unsaturated/α-hetero) is 1. The highest BCUT2D eigenvalue weighted by Crippen LogP contribution is 2.38. The molecule has 0 aromatic heterocycles. The van der Waals surface area contributed by atoms with Crippen molar-refractivity contribution in [2.24, 2.45) is 5.73 Å². The molecule has 0 amide bonds. The van der Waals surface area contributed by atoms with Crippen LogP contribution in [0.5, 0.6) is 11.5 Å². The van der Waals surface area contributed by atoms with Crippen molar-refractivity contribution in [1.82, 2.24) is 0 Å². The lowest BCUT2D eigenvalue weighted by Crippen LogP contribution is -2.16. The van der Waals surface area contributed by atoms with Gasteiger partial charge in [-0.3, -0.25) is 4.79 Å². The number of hydrogen-bond acceptors (Lipinski definition) is 4. The number of ketones is 1. The van der Waals surface area contributed by atoms with Crippen LogP contribution in [0.25, 0.3) is 0 Å². The Morgan fingerprint density at radius 2 is 2.24 bits per heavy atom. The van der Waals surface area contributed by atoms with Crippen LogP contribution in [0.15, 0.2) is 12.1 Å². The highest BCUT2D eigenvalue weighted by molar-refractivity contribution is 6.31. The molecule has 1 aliphatic rings. The Kier molecular flexibility index (Phi) is 3.54. The van der Waals surface area contributed by atoms with Gasteiger partial charge in [0.2, 0.25) is 0 Å². The van der Waals surface area contributed by atoms with E-state index in [2.05, 4.69) is 0 Å². The summed E-state index contributed by atoms with van der Waals surface area (Å²) in [4.78, 5) is 11.7. The van der Waals surface area contributed by atoms with Crippen LogP contribution in [0.1, 0.15) is 23.2 Å². The number of carbonyl (C=O) groups is 1. The lowest BCUT2D eigenvalue weighted by atomic mass is 10.1. The van der Waals surface area contributed by atoms with Gasteiger partial charge >= 0.3 is 0 Å². The number of methoxy groups -OCH3 is 1. The molecule has 0 atom stereocenters. The molecule has 5 heteroatoms. The van der Waals surface area contributed by atoms with Crippen molar-refractivity contribution in [3.8, 4) is 11.5 Å². The normalized spacial score (nSPS) is 14.5. The van der Waals surface area contributed by atoms with Gasteiger partial charge in [-0.25, -0.2) is 0 Å². The van der Waals surface area contributed by atoms with Crippen LogP contribution in [0.2, 0.25) is 5.02 Å². The van der Waals surface area contributed by atoms with Crippen LogP contribution < -0.4 is 15.2 Å². The van der Waals surface area contributed by atoms with Gasteiger partial charge in [-0.2, -0.15) is 0 Å². The average Bonchev–Trinajstić information content (AvgIpc) is 3.13. The SMILES string of the molecule is COc1cc(Cl)cc(C(=O)CN)c1OC1CC1. The van der Waals surface area contributed by atoms with E-state index in [4.69, 9.17) is 26.8 Å². The van der Waals surface area contributed by atoms with Crippen LogP contribution in [-0.2, 0) is 0 Å². The largest absolute Gasteiger partial charge is 0.493 e. The van der Waals surface area contributed by atoms with Crippen LogP contribution in [0.4, 0.5) is 0 Å². The third-order valence-corrected chi connectivity index (χ3v) is 2.75. The summed E-state index contributed by atoms with van der Waals surface area (Å²) in [5.41, 5.74) is 5.76.